The van der Waals surface area contributed by atoms with Crippen LogP contribution in [0.2, 0.25) is 0 Å². The topological polar surface area (TPSA) is 52.3 Å². The number of carbonyl (C=O) groups excluding carboxylic acids is 1. The van der Waals surface area contributed by atoms with E-state index in [2.05, 4.69) is 10.8 Å². The van der Waals surface area contributed by atoms with Crippen molar-refractivity contribution in [1.82, 2.24) is 0 Å². The van der Waals surface area contributed by atoms with Gasteiger partial charge in [-0.3, -0.25) is 0 Å². The van der Waals surface area contributed by atoms with Crippen LogP contribution < -0.4 is 5.73 Å². The van der Waals surface area contributed by atoms with E-state index in [9.17, 15) is 4.79 Å². The molecule has 0 spiro atoms. The average Bonchev–Trinajstić information content (AvgIpc) is 2.46. The summed E-state index contributed by atoms with van der Waals surface area (Å²) in [7, 11) is 1.38. The van der Waals surface area contributed by atoms with Crippen LogP contribution in [0.15, 0.2) is 48.5 Å². The van der Waals surface area contributed by atoms with Crippen molar-refractivity contribution in [2.45, 2.75) is 13.0 Å². The lowest BCUT2D eigenvalue weighted by Crippen LogP contribution is -2.04. The van der Waals surface area contributed by atoms with E-state index >= 15 is 0 Å². The molecule has 0 amide bonds. The molecular formula is C16H17NO2. The number of hydrogen-bond donors (Lipinski definition) is 1. The molecule has 0 saturated carbocycles. The van der Waals surface area contributed by atoms with Gasteiger partial charge in [-0.15, -0.1) is 0 Å². The number of methoxy groups -OCH3 is 1. The minimum Gasteiger partial charge on any atom is -0.465 e. The van der Waals surface area contributed by atoms with Crippen LogP contribution in [-0.4, -0.2) is 13.1 Å². The molecule has 0 fully saturated rings. The molecule has 2 aromatic rings. The van der Waals surface area contributed by atoms with Gasteiger partial charge >= 0.3 is 5.97 Å². The van der Waals surface area contributed by atoms with Crippen LogP contribution >= 0.6 is 0 Å². The van der Waals surface area contributed by atoms with E-state index in [-0.39, 0.29) is 12.0 Å². The van der Waals surface area contributed by atoms with Gasteiger partial charge in [0.15, 0.2) is 0 Å². The highest BCUT2D eigenvalue weighted by atomic mass is 16.5. The standard InChI is InChI=1S/C16H17NO2/c1-11(17)14-4-3-5-15(10-14)12-6-8-13(9-7-12)16(18)19-2/h3-11H,17H2,1-2H3/t11-/m0/s1. The zero-order chi connectivity index (χ0) is 13.8. The van der Waals surface area contributed by atoms with Crippen molar-refractivity contribution in [3.8, 4) is 11.1 Å². The first-order valence-electron chi connectivity index (χ1n) is 6.16. The van der Waals surface area contributed by atoms with Gasteiger partial charge in [-0.25, -0.2) is 4.79 Å². The molecule has 19 heavy (non-hydrogen) atoms. The predicted molar refractivity (Wildman–Crippen MR) is 75.8 cm³/mol. The third-order valence-electron chi connectivity index (χ3n) is 3.05. The zero-order valence-corrected chi connectivity index (χ0v) is 11.1. The normalized spacial score (nSPS) is 11.9. The van der Waals surface area contributed by atoms with Crippen molar-refractivity contribution in [3.63, 3.8) is 0 Å². The van der Waals surface area contributed by atoms with Crippen LogP contribution in [0.25, 0.3) is 11.1 Å². The zero-order valence-electron chi connectivity index (χ0n) is 11.1. The lowest BCUT2D eigenvalue weighted by atomic mass is 9.99. The number of benzene rings is 2. The molecule has 0 radical (unpaired) electrons. The molecule has 0 aliphatic heterocycles. The molecule has 0 aliphatic carbocycles. The first kappa shape index (κ1) is 13.3. The summed E-state index contributed by atoms with van der Waals surface area (Å²) in [6.45, 7) is 1.96. The van der Waals surface area contributed by atoms with Gasteiger partial charge in [-0.1, -0.05) is 30.3 Å². The molecular weight excluding hydrogens is 238 g/mol. The van der Waals surface area contributed by atoms with E-state index in [1.807, 2.05) is 37.3 Å². The number of hydrogen-bond acceptors (Lipinski definition) is 3. The lowest BCUT2D eigenvalue weighted by Gasteiger charge is -2.09. The molecule has 0 saturated heterocycles. The predicted octanol–water partition coefficient (Wildman–Crippen LogP) is 3.16. The van der Waals surface area contributed by atoms with Crippen molar-refractivity contribution < 1.29 is 9.53 Å². The molecule has 2 N–H and O–H groups in total. The first-order chi connectivity index (χ1) is 9.11. The number of esters is 1. The van der Waals surface area contributed by atoms with Gasteiger partial charge in [0.25, 0.3) is 0 Å². The Labute approximate surface area is 113 Å². The van der Waals surface area contributed by atoms with Gasteiger partial charge in [-0.2, -0.15) is 0 Å². The smallest absolute Gasteiger partial charge is 0.337 e. The molecule has 0 bridgehead atoms. The third kappa shape index (κ3) is 3.01. The Morgan fingerprint density at radius 1 is 1.11 bits per heavy atom. The summed E-state index contributed by atoms with van der Waals surface area (Å²) in [6.07, 6.45) is 0. The summed E-state index contributed by atoms with van der Waals surface area (Å²) in [5, 5.41) is 0. The van der Waals surface area contributed by atoms with Crippen molar-refractivity contribution in [2.24, 2.45) is 5.73 Å². The van der Waals surface area contributed by atoms with E-state index < -0.39 is 0 Å². The van der Waals surface area contributed by atoms with E-state index in [0.717, 1.165) is 16.7 Å². The molecule has 3 heteroatoms. The van der Waals surface area contributed by atoms with Crippen LogP contribution in [0.5, 0.6) is 0 Å². The maximum atomic E-state index is 11.4. The van der Waals surface area contributed by atoms with Gasteiger partial charge in [-0.05, 0) is 41.8 Å². The molecule has 2 rings (SSSR count). The van der Waals surface area contributed by atoms with Crippen LogP contribution in [0.1, 0.15) is 28.9 Å². The van der Waals surface area contributed by atoms with Crippen LogP contribution in [0.3, 0.4) is 0 Å². The fraction of sp³-hybridized carbons (Fsp3) is 0.188. The van der Waals surface area contributed by atoms with Crippen LogP contribution in [0, 0.1) is 0 Å². The fourth-order valence-corrected chi connectivity index (χ4v) is 1.92. The second-order valence-corrected chi connectivity index (χ2v) is 4.48. The summed E-state index contributed by atoms with van der Waals surface area (Å²) in [6, 6.07) is 15.4. The highest BCUT2D eigenvalue weighted by molar-refractivity contribution is 5.89. The minimum absolute atomic E-state index is 0.00860. The van der Waals surface area contributed by atoms with Gasteiger partial charge in [0.2, 0.25) is 0 Å². The highest BCUT2D eigenvalue weighted by Gasteiger charge is 2.06. The Hall–Kier alpha value is -2.13. The lowest BCUT2D eigenvalue weighted by molar-refractivity contribution is 0.0601. The monoisotopic (exact) mass is 255 g/mol. The van der Waals surface area contributed by atoms with Gasteiger partial charge < -0.3 is 10.5 Å². The summed E-state index contributed by atoms with van der Waals surface area (Å²) < 4.78 is 4.68. The average molecular weight is 255 g/mol. The Morgan fingerprint density at radius 3 is 2.37 bits per heavy atom. The summed E-state index contributed by atoms with van der Waals surface area (Å²) >= 11 is 0. The summed E-state index contributed by atoms with van der Waals surface area (Å²) in [4.78, 5) is 11.4. The Morgan fingerprint density at radius 2 is 1.79 bits per heavy atom. The van der Waals surface area contributed by atoms with E-state index in [0.29, 0.717) is 5.56 Å². The third-order valence-corrected chi connectivity index (χ3v) is 3.05. The molecule has 0 aliphatic rings. The van der Waals surface area contributed by atoms with E-state index in [1.54, 1.807) is 12.1 Å². The second kappa shape index (κ2) is 5.67. The number of ether oxygens (including phenoxy) is 1. The first-order valence-corrected chi connectivity index (χ1v) is 6.16. The molecule has 0 heterocycles. The molecule has 3 nitrogen and oxygen atoms in total. The van der Waals surface area contributed by atoms with Gasteiger partial charge in [0.05, 0.1) is 12.7 Å². The summed E-state index contributed by atoms with van der Waals surface area (Å²) in [5.74, 6) is -0.323. The van der Waals surface area contributed by atoms with E-state index in [4.69, 9.17) is 5.73 Å². The van der Waals surface area contributed by atoms with Crippen molar-refractivity contribution in [1.29, 1.82) is 0 Å². The SMILES string of the molecule is COC(=O)c1ccc(-c2cccc([C@H](C)N)c2)cc1. The quantitative estimate of drug-likeness (QED) is 0.857. The number of carbonyl (C=O) groups is 1. The Kier molecular flexibility index (Phi) is 3.97. The minimum atomic E-state index is -0.323. The highest BCUT2D eigenvalue weighted by Crippen LogP contribution is 2.23. The second-order valence-electron chi connectivity index (χ2n) is 4.48. The molecule has 0 unspecified atom stereocenters. The van der Waals surface area contributed by atoms with E-state index in [1.165, 1.54) is 7.11 Å². The largest absolute Gasteiger partial charge is 0.465 e. The maximum absolute atomic E-state index is 11.4. The van der Waals surface area contributed by atoms with Crippen molar-refractivity contribution in [3.05, 3.63) is 59.7 Å². The molecule has 98 valence electrons. The summed E-state index contributed by atoms with van der Waals surface area (Å²) in [5.41, 5.74) is 9.66. The van der Waals surface area contributed by atoms with Crippen molar-refractivity contribution >= 4 is 5.97 Å². The Bertz CT molecular complexity index is 574. The molecule has 2 aromatic carbocycles. The molecule has 0 aromatic heterocycles. The van der Waals surface area contributed by atoms with Crippen LogP contribution in [0.4, 0.5) is 0 Å². The Balaban J connectivity index is 2.32. The number of rotatable bonds is 3. The maximum Gasteiger partial charge on any atom is 0.337 e. The van der Waals surface area contributed by atoms with Gasteiger partial charge in [0.1, 0.15) is 0 Å². The molecule has 1 atom stereocenters. The van der Waals surface area contributed by atoms with Crippen molar-refractivity contribution in [2.75, 3.05) is 7.11 Å². The van der Waals surface area contributed by atoms with Crippen LogP contribution in [-0.2, 0) is 4.74 Å². The number of nitrogens with two attached hydrogens (primary N) is 1. The fourth-order valence-electron chi connectivity index (χ4n) is 1.92. The van der Waals surface area contributed by atoms with Gasteiger partial charge in [0, 0.05) is 6.04 Å².